The van der Waals surface area contributed by atoms with Crippen LogP contribution in [-0.2, 0) is 12.4 Å². The van der Waals surface area contributed by atoms with Crippen molar-refractivity contribution in [2.75, 3.05) is 25.0 Å². The van der Waals surface area contributed by atoms with Crippen LogP contribution in [0.2, 0.25) is 5.15 Å². The minimum absolute atomic E-state index is 0.139. The Bertz CT molecular complexity index is 1270. The van der Waals surface area contributed by atoms with Gasteiger partial charge in [0.05, 0.1) is 29.3 Å². The molecule has 2 aromatic rings. The zero-order chi connectivity index (χ0) is 30.4. The number of aliphatic hydroxyl groups excluding tert-OH is 1. The summed E-state index contributed by atoms with van der Waals surface area (Å²) < 4.78 is 101. The SMILES string of the molecule is CNCC(O)CN=CN=C(N)c1cc(C(F)(F)F)cc(C(F)(F)F)c1OC(=O)N(c1ccc(F)c(Cl)n1)C(C)C. The lowest BCUT2D eigenvalue weighted by Crippen LogP contribution is -2.40. The molecule has 40 heavy (non-hydrogen) atoms. The second kappa shape index (κ2) is 13.2. The van der Waals surface area contributed by atoms with Crippen molar-refractivity contribution >= 4 is 35.7 Å². The van der Waals surface area contributed by atoms with E-state index in [1.165, 1.54) is 13.8 Å². The lowest BCUT2D eigenvalue weighted by molar-refractivity contribution is -0.143. The maximum Gasteiger partial charge on any atom is 0.421 e. The Morgan fingerprint density at radius 1 is 1.23 bits per heavy atom. The predicted octanol–water partition coefficient (Wildman–Crippen LogP) is 4.64. The van der Waals surface area contributed by atoms with E-state index in [1.54, 1.807) is 7.05 Å². The highest BCUT2D eigenvalue weighted by Crippen LogP contribution is 2.43. The number of halogens is 8. The third-order valence-electron chi connectivity index (χ3n) is 4.97. The third-order valence-corrected chi connectivity index (χ3v) is 5.23. The van der Waals surface area contributed by atoms with E-state index in [9.17, 15) is 40.6 Å². The van der Waals surface area contributed by atoms with Gasteiger partial charge in [0.25, 0.3) is 0 Å². The zero-order valence-electron chi connectivity index (χ0n) is 21.1. The average Bonchev–Trinajstić information content (AvgIpc) is 2.82. The molecule has 0 saturated carbocycles. The number of likely N-dealkylation sites (N-methyl/N-ethyl adjacent to an activating group) is 1. The number of ether oxygens (including phenoxy) is 1. The normalized spacial score (nSPS) is 13.7. The van der Waals surface area contributed by atoms with Gasteiger partial charge in [-0.2, -0.15) is 26.3 Å². The van der Waals surface area contributed by atoms with Crippen molar-refractivity contribution in [3.05, 3.63) is 51.9 Å². The van der Waals surface area contributed by atoms with Crippen LogP contribution in [0.5, 0.6) is 5.75 Å². The number of aliphatic hydroxyl groups is 1. The molecule has 1 heterocycles. The van der Waals surface area contributed by atoms with Crippen molar-refractivity contribution in [3.63, 3.8) is 0 Å². The number of pyridine rings is 1. The zero-order valence-corrected chi connectivity index (χ0v) is 21.9. The first kappa shape index (κ1) is 32.7. The number of hydrogen-bond donors (Lipinski definition) is 3. The van der Waals surface area contributed by atoms with Crippen LogP contribution >= 0.6 is 11.6 Å². The summed E-state index contributed by atoms with van der Waals surface area (Å²) in [7, 11) is 1.55. The standard InChI is InChI=1S/C23H24ClF7N6O3/c1-11(2)37(17-5-4-16(25)19(24)36-17)21(39)40-18-14(20(32)35-10-34-9-13(38)8-33-3)6-12(22(26,27)28)7-15(18)23(29,30)31/h4-7,10-11,13,33,38H,8-9H2,1-3H3,(H2,32,34,35). The molecule has 0 aliphatic carbocycles. The minimum atomic E-state index is -5.45. The summed E-state index contributed by atoms with van der Waals surface area (Å²) in [6.45, 7) is 2.74. The first-order valence-electron chi connectivity index (χ1n) is 11.3. The molecule has 4 N–H and O–H groups in total. The van der Waals surface area contributed by atoms with Crippen LogP contribution in [0.1, 0.15) is 30.5 Å². The van der Waals surface area contributed by atoms with Crippen molar-refractivity contribution < 1.29 is 45.4 Å². The van der Waals surface area contributed by atoms with Gasteiger partial charge in [-0.15, -0.1) is 0 Å². The number of aromatic nitrogens is 1. The number of carbonyl (C=O) groups excluding carboxylic acids is 1. The van der Waals surface area contributed by atoms with Gasteiger partial charge in [0.1, 0.15) is 18.0 Å². The molecule has 0 aliphatic heterocycles. The van der Waals surface area contributed by atoms with E-state index in [1.807, 2.05) is 0 Å². The predicted molar refractivity (Wildman–Crippen MR) is 133 cm³/mol. The first-order chi connectivity index (χ1) is 18.5. The van der Waals surface area contributed by atoms with Gasteiger partial charge in [0.15, 0.2) is 16.7 Å². The minimum Gasteiger partial charge on any atom is -0.408 e. The molecule has 0 radical (unpaired) electrons. The number of amides is 1. The number of nitrogens with one attached hydrogen (secondary N) is 1. The van der Waals surface area contributed by atoms with E-state index in [-0.39, 0.29) is 31.0 Å². The molecule has 0 fully saturated rings. The summed E-state index contributed by atoms with van der Waals surface area (Å²) in [5, 5.41) is 11.7. The van der Waals surface area contributed by atoms with Gasteiger partial charge in [0, 0.05) is 12.6 Å². The van der Waals surface area contributed by atoms with Gasteiger partial charge in [-0.05, 0) is 45.2 Å². The van der Waals surface area contributed by atoms with Gasteiger partial charge < -0.3 is 20.9 Å². The third kappa shape index (κ3) is 8.50. The van der Waals surface area contributed by atoms with Crippen LogP contribution in [0.4, 0.5) is 41.3 Å². The van der Waals surface area contributed by atoms with Crippen LogP contribution in [0.3, 0.4) is 0 Å². The summed E-state index contributed by atoms with van der Waals surface area (Å²) >= 11 is 5.65. The molecule has 0 aliphatic rings. The molecule has 0 spiro atoms. The molecule has 220 valence electrons. The number of nitrogens with zero attached hydrogens (tertiary/aromatic N) is 4. The van der Waals surface area contributed by atoms with Gasteiger partial charge >= 0.3 is 18.4 Å². The van der Waals surface area contributed by atoms with Gasteiger partial charge in [-0.3, -0.25) is 9.89 Å². The molecular weight excluding hydrogens is 577 g/mol. The van der Waals surface area contributed by atoms with E-state index in [4.69, 9.17) is 22.1 Å². The van der Waals surface area contributed by atoms with Crippen molar-refractivity contribution in [3.8, 4) is 5.75 Å². The summed E-state index contributed by atoms with van der Waals surface area (Å²) in [6.07, 6.45) is -12.5. The molecule has 9 nitrogen and oxygen atoms in total. The summed E-state index contributed by atoms with van der Waals surface area (Å²) in [4.78, 5) is 24.7. The first-order valence-corrected chi connectivity index (χ1v) is 11.6. The quantitative estimate of drug-likeness (QED) is 0.167. The molecule has 0 saturated heterocycles. The monoisotopic (exact) mass is 600 g/mol. The Morgan fingerprint density at radius 3 is 2.40 bits per heavy atom. The van der Waals surface area contributed by atoms with E-state index in [0.717, 1.165) is 18.5 Å². The highest BCUT2D eigenvalue weighted by Gasteiger charge is 2.42. The fraction of sp³-hybridized carbons (Fsp3) is 0.391. The number of benzene rings is 1. The molecule has 1 aromatic heterocycles. The number of carbonyl (C=O) groups is 1. The number of anilines is 1. The smallest absolute Gasteiger partial charge is 0.408 e. The molecule has 1 atom stereocenters. The average molecular weight is 601 g/mol. The van der Waals surface area contributed by atoms with Crippen molar-refractivity contribution in [2.24, 2.45) is 15.7 Å². The fourth-order valence-electron chi connectivity index (χ4n) is 3.19. The molecule has 0 bridgehead atoms. The van der Waals surface area contributed by atoms with Gasteiger partial charge in [-0.25, -0.2) is 19.2 Å². The lowest BCUT2D eigenvalue weighted by atomic mass is 10.0. The van der Waals surface area contributed by atoms with Gasteiger partial charge in [0.2, 0.25) is 0 Å². The van der Waals surface area contributed by atoms with Gasteiger partial charge in [-0.1, -0.05) is 11.6 Å². The molecule has 1 amide bonds. The number of amidine groups is 1. The van der Waals surface area contributed by atoms with Crippen molar-refractivity contribution in [1.29, 1.82) is 0 Å². The largest absolute Gasteiger partial charge is 0.421 e. The summed E-state index contributed by atoms with van der Waals surface area (Å²) in [5.41, 5.74) is 0.985. The molecule has 2 rings (SSSR count). The highest BCUT2D eigenvalue weighted by atomic mass is 35.5. The van der Waals surface area contributed by atoms with E-state index >= 15 is 0 Å². The number of rotatable bonds is 9. The van der Waals surface area contributed by atoms with E-state index in [2.05, 4.69) is 20.3 Å². The van der Waals surface area contributed by atoms with Crippen LogP contribution in [0.25, 0.3) is 0 Å². The molecule has 1 unspecified atom stereocenters. The van der Waals surface area contributed by atoms with Crippen LogP contribution < -0.4 is 20.7 Å². The molecule has 17 heteroatoms. The second-order valence-electron chi connectivity index (χ2n) is 8.38. The Morgan fingerprint density at radius 2 is 1.88 bits per heavy atom. The Balaban J connectivity index is 2.68. The highest BCUT2D eigenvalue weighted by molar-refractivity contribution is 6.29. The van der Waals surface area contributed by atoms with Crippen molar-refractivity contribution in [2.45, 2.75) is 38.3 Å². The number of nitrogens with two attached hydrogens (primary N) is 1. The summed E-state index contributed by atoms with van der Waals surface area (Å²) in [5.74, 6) is -3.56. The number of alkyl halides is 6. The number of aliphatic imine (C=N–C) groups is 2. The Labute approximate surface area is 228 Å². The Hall–Kier alpha value is -3.50. The lowest BCUT2D eigenvalue weighted by Gasteiger charge is -2.26. The maximum absolute atomic E-state index is 14.0. The maximum atomic E-state index is 14.0. The van der Waals surface area contributed by atoms with Crippen LogP contribution in [0.15, 0.2) is 34.3 Å². The fourth-order valence-corrected chi connectivity index (χ4v) is 3.34. The second-order valence-corrected chi connectivity index (χ2v) is 8.73. The molecule has 1 aromatic carbocycles. The topological polar surface area (TPSA) is 125 Å². The Kier molecular flexibility index (Phi) is 10.8. The summed E-state index contributed by atoms with van der Waals surface area (Å²) in [6, 6.07) is 0.975. The van der Waals surface area contributed by atoms with Crippen molar-refractivity contribution in [1.82, 2.24) is 10.3 Å². The number of hydrogen-bond acceptors (Lipinski definition) is 6. The molecular formula is C23H24ClF7N6O3. The van der Waals surface area contributed by atoms with E-state index in [0.29, 0.717) is 4.90 Å². The van der Waals surface area contributed by atoms with Crippen LogP contribution in [-0.4, -0.2) is 60.6 Å². The van der Waals surface area contributed by atoms with E-state index < -0.39 is 69.8 Å². The van der Waals surface area contributed by atoms with Crippen LogP contribution in [0, 0.1) is 5.82 Å².